The average molecular weight is 352 g/mol. The Morgan fingerprint density at radius 2 is 1.80 bits per heavy atom. The first-order chi connectivity index (χ1) is 11.8. The minimum Gasteiger partial charge on any atom is -0.484 e. The maximum absolute atomic E-state index is 12.6. The van der Waals surface area contributed by atoms with Crippen LogP contribution in [0.5, 0.6) is 5.75 Å². The Morgan fingerprint density at radius 1 is 1.12 bits per heavy atom. The number of rotatable bonds is 6. The fourth-order valence-corrected chi connectivity index (χ4v) is 2.07. The number of anilines is 1. The third kappa shape index (κ3) is 5.70. The lowest BCUT2D eigenvalue weighted by Crippen LogP contribution is -2.28. The number of halogens is 3. The summed E-state index contributed by atoms with van der Waals surface area (Å²) in [6.07, 6.45) is -4.44. The molecule has 0 bridgehead atoms. The van der Waals surface area contributed by atoms with Crippen molar-refractivity contribution in [3.05, 3.63) is 59.7 Å². The molecule has 2 aromatic rings. The summed E-state index contributed by atoms with van der Waals surface area (Å²) in [7, 11) is 3.86. The number of amides is 1. The predicted molar refractivity (Wildman–Crippen MR) is 89.6 cm³/mol. The van der Waals surface area contributed by atoms with E-state index in [-0.39, 0.29) is 12.4 Å². The smallest absolute Gasteiger partial charge is 0.416 e. The van der Waals surface area contributed by atoms with Crippen LogP contribution in [-0.4, -0.2) is 26.6 Å². The second-order valence-electron chi connectivity index (χ2n) is 5.65. The number of nitrogens with zero attached hydrogens (tertiary/aromatic N) is 1. The van der Waals surface area contributed by atoms with Gasteiger partial charge in [-0.1, -0.05) is 18.2 Å². The van der Waals surface area contributed by atoms with Gasteiger partial charge in [-0.3, -0.25) is 4.79 Å². The number of alkyl halides is 3. The molecule has 0 aliphatic carbocycles. The molecular formula is C18H19F3N2O2. The molecule has 0 spiro atoms. The van der Waals surface area contributed by atoms with Gasteiger partial charge in [0.2, 0.25) is 0 Å². The first kappa shape index (κ1) is 18.6. The number of carbonyl (C=O) groups excluding carboxylic acids is 1. The summed E-state index contributed by atoms with van der Waals surface area (Å²) in [6, 6.07) is 12.1. The molecule has 0 radical (unpaired) electrons. The summed E-state index contributed by atoms with van der Waals surface area (Å²) < 4.78 is 43.0. The summed E-state index contributed by atoms with van der Waals surface area (Å²) >= 11 is 0. The lowest BCUT2D eigenvalue weighted by molar-refractivity contribution is -0.137. The number of hydrogen-bond donors (Lipinski definition) is 1. The van der Waals surface area contributed by atoms with Gasteiger partial charge in [0.05, 0.1) is 5.56 Å². The highest BCUT2D eigenvalue weighted by atomic mass is 19.4. The molecule has 0 atom stereocenters. The Morgan fingerprint density at radius 3 is 2.40 bits per heavy atom. The second kappa shape index (κ2) is 7.92. The highest BCUT2D eigenvalue weighted by Crippen LogP contribution is 2.31. The van der Waals surface area contributed by atoms with E-state index in [0.717, 1.165) is 23.4 Å². The molecule has 0 saturated carbocycles. The van der Waals surface area contributed by atoms with Gasteiger partial charge in [0.25, 0.3) is 5.91 Å². The molecule has 0 aliphatic rings. The maximum atomic E-state index is 12.6. The Kier molecular flexibility index (Phi) is 5.90. The molecule has 0 fully saturated rings. The predicted octanol–water partition coefficient (Wildman–Crippen LogP) is 3.47. The summed E-state index contributed by atoms with van der Waals surface area (Å²) in [5.74, 6) is -0.408. The van der Waals surface area contributed by atoms with E-state index in [2.05, 4.69) is 5.32 Å². The van der Waals surface area contributed by atoms with Gasteiger partial charge in [-0.2, -0.15) is 13.2 Å². The number of benzene rings is 2. The van der Waals surface area contributed by atoms with Crippen LogP contribution in [-0.2, 0) is 17.5 Å². The van der Waals surface area contributed by atoms with Crippen LogP contribution >= 0.6 is 0 Å². The fraction of sp³-hybridized carbons (Fsp3) is 0.278. The van der Waals surface area contributed by atoms with Crippen molar-refractivity contribution >= 4 is 11.6 Å². The zero-order valence-corrected chi connectivity index (χ0v) is 13.9. The molecule has 25 heavy (non-hydrogen) atoms. The van der Waals surface area contributed by atoms with Crippen molar-refractivity contribution in [1.82, 2.24) is 5.32 Å². The molecule has 0 saturated heterocycles. The Hall–Kier alpha value is -2.70. The summed E-state index contributed by atoms with van der Waals surface area (Å²) in [5, 5.41) is 2.66. The molecule has 2 rings (SSSR count). The largest absolute Gasteiger partial charge is 0.484 e. The van der Waals surface area contributed by atoms with Crippen LogP contribution in [0.15, 0.2) is 48.5 Å². The Balaban J connectivity index is 1.83. The van der Waals surface area contributed by atoms with Crippen LogP contribution in [0.2, 0.25) is 0 Å². The van der Waals surface area contributed by atoms with Crippen molar-refractivity contribution in [3.63, 3.8) is 0 Å². The van der Waals surface area contributed by atoms with E-state index < -0.39 is 17.6 Å². The van der Waals surface area contributed by atoms with Crippen LogP contribution < -0.4 is 15.0 Å². The van der Waals surface area contributed by atoms with Crippen molar-refractivity contribution in [3.8, 4) is 5.75 Å². The van der Waals surface area contributed by atoms with Crippen LogP contribution in [0, 0.1) is 0 Å². The summed E-state index contributed by atoms with van der Waals surface area (Å²) in [4.78, 5) is 13.7. The van der Waals surface area contributed by atoms with Crippen LogP contribution in [0.1, 0.15) is 11.1 Å². The zero-order valence-electron chi connectivity index (χ0n) is 13.9. The van der Waals surface area contributed by atoms with Crippen molar-refractivity contribution in [2.45, 2.75) is 12.7 Å². The molecule has 0 unspecified atom stereocenters. The zero-order chi connectivity index (χ0) is 18.4. The van der Waals surface area contributed by atoms with E-state index in [9.17, 15) is 18.0 Å². The van der Waals surface area contributed by atoms with E-state index in [1.807, 2.05) is 43.3 Å². The molecule has 4 nitrogen and oxygen atoms in total. The highest BCUT2D eigenvalue weighted by molar-refractivity contribution is 5.77. The molecule has 1 amide bonds. The lowest BCUT2D eigenvalue weighted by atomic mass is 10.2. The topological polar surface area (TPSA) is 41.6 Å². The third-order valence-electron chi connectivity index (χ3n) is 3.47. The van der Waals surface area contributed by atoms with Gasteiger partial charge in [0.15, 0.2) is 6.61 Å². The van der Waals surface area contributed by atoms with E-state index >= 15 is 0 Å². The van der Waals surface area contributed by atoms with E-state index in [0.29, 0.717) is 6.54 Å². The number of hydrogen-bond acceptors (Lipinski definition) is 3. The monoisotopic (exact) mass is 352 g/mol. The van der Waals surface area contributed by atoms with Crippen molar-refractivity contribution in [1.29, 1.82) is 0 Å². The molecule has 0 aliphatic heterocycles. The number of nitrogens with one attached hydrogen (secondary N) is 1. The summed E-state index contributed by atoms with van der Waals surface area (Å²) in [5.41, 5.74) is 1.15. The molecule has 1 N–H and O–H groups in total. The van der Waals surface area contributed by atoms with E-state index in [1.165, 1.54) is 12.1 Å². The second-order valence-corrected chi connectivity index (χ2v) is 5.65. The molecule has 7 heteroatoms. The highest BCUT2D eigenvalue weighted by Gasteiger charge is 2.30. The number of carbonyl (C=O) groups is 1. The van der Waals surface area contributed by atoms with Crippen molar-refractivity contribution < 1.29 is 22.7 Å². The van der Waals surface area contributed by atoms with Crippen LogP contribution in [0.25, 0.3) is 0 Å². The molecule has 134 valence electrons. The molecule has 0 heterocycles. The molecular weight excluding hydrogens is 333 g/mol. The quantitative estimate of drug-likeness (QED) is 0.866. The summed E-state index contributed by atoms with van der Waals surface area (Å²) in [6.45, 7) is -0.0322. The standard InChI is InChI=1S/C18H19F3N2O2/c1-23(2)15-8-6-13(7-9-15)11-22-17(24)12-25-16-5-3-4-14(10-16)18(19,20)21/h3-10H,11-12H2,1-2H3,(H,22,24). The van der Waals surface area contributed by atoms with Crippen LogP contribution in [0.4, 0.5) is 18.9 Å². The molecule has 2 aromatic carbocycles. The van der Waals surface area contributed by atoms with Crippen molar-refractivity contribution in [2.75, 3.05) is 25.6 Å². The van der Waals surface area contributed by atoms with Gasteiger partial charge in [0.1, 0.15) is 5.75 Å². The first-order valence-corrected chi connectivity index (χ1v) is 7.59. The average Bonchev–Trinajstić information content (AvgIpc) is 2.58. The van der Waals surface area contributed by atoms with E-state index in [1.54, 1.807) is 0 Å². The van der Waals surface area contributed by atoms with Crippen molar-refractivity contribution in [2.24, 2.45) is 0 Å². The minimum absolute atomic E-state index is 0.000288. The SMILES string of the molecule is CN(C)c1ccc(CNC(=O)COc2cccc(C(F)(F)F)c2)cc1. The lowest BCUT2D eigenvalue weighted by Gasteiger charge is -2.13. The van der Waals surface area contributed by atoms with Gasteiger partial charge in [0, 0.05) is 26.3 Å². The van der Waals surface area contributed by atoms with Gasteiger partial charge >= 0.3 is 6.18 Å². The number of ether oxygens (including phenoxy) is 1. The van der Waals surface area contributed by atoms with Crippen LogP contribution in [0.3, 0.4) is 0 Å². The Labute approximate surface area is 144 Å². The molecule has 0 aromatic heterocycles. The van der Waals surface area contributed by atoms with Gasteiger partial charge in [-0.25, -0.2) is 0 Å². The van der Waals surface area contributed by atoms with Gasteiger partial charge < -0.3 is 15.0 Å². The normalized spacial score (nSPS) is 11.1. The van der Waals surface area contributed by atoms with Gasteiger partial charge in [-0.05, 0) is 35.9 Å². The third-order valence-corrected chi connectivity index (χ3v) is 3.47. The van der Waals surface area contributed by atoms with Gasteiger partial charge in [-0.15, -0.1) is 0 Å². The Bertz CT molecular complexity index is 713. The minimum atomic E-state index is -4.44. The van der Waals surface area contributed by atoms with E-state index in [4.69, 9.17) is 4.74 Å². The maximum Gasteiger partial charge on any atom is 0.416 e. The fourth-order valence-electron chi connectivity index (χ4n) is 2.07. The first-order valence-electron chi connectivity index (χ1n) is 7.59.